The Labute approximate surface area is 208 Å². The molecule has 0 spiro atoms. The van der Waals surface area contributed by atoms with Gasteiger partial charge in [0.25, 0.3) is 10.0 Å². The summed E-state index contributed by atoms with van der Waals surface area (Å²) < 4.78 is 68.1. The first-order chi connectivity index (χ1) is 16.4. The lowest BCUT2D eigenvalue weighted by atomic mass is 10.3. The van der Waals surface area contributed by atoms with Crippen molar-refractivity contribution >= 4 is 54.8 Å². The van der Waals surface area contributed by atoms with Crippen molar-refractivity contribution in [1.29, 1.82) is 0 Å². The van der Waals surface area contributed by atoms with Gasteiger partial charge >= 0.3 is 10.2 Å². The molecule has 0 aliphatic rings. The number of nitrogens with one attached hydrogen (secondary N) is 2. The fraction of sp³-hybridized carbons (Fsp3) is 0.136. The van der Waals surface area contributed by atoms with E-state index < -0.39 is 38.5 Å². The number of nitrogens with zero attached hydrogens (tertiary/aromatic N) is 2. The Morgan fingerprint density at radius 1 is 0.914 bits per heavy atom. The van der Waals surface area contributed by atoms with Crippen LogP contribution in [0, 0.1) is 5.82 Å². The van der Waals surface area contributed by atoms with Gasteiger partial charge in [0.05, 0.1) is 21.3 Å². The summed E-state index contributed by atoms with van der Waals surface area (Å²) in [5.74, 6) is -1.25. The first kappa shape index (κ1) is 26.4. The molecule has 0 aromatic heterocycles. The average molecular weight is 541 g/mol. The van der Waals surface area contributed by atoms with Crippen LogP contribution in [0.15, 0.2) is 77.7 Å². The molecule has 0 aliphatic heterocycles. The van der Waals surface area contributed by atoms with Gasteiger partial charge in [-0.1, -0.05) is 23.7 Å². The number of amides is 1. The fourth-order valence-electron chi connectivity index (χ4n) is 2.91. The molecule has 0 radical (unpaired) electrons. The van der Waals surface area contributed by atoms with E-state index in [9.17, 15) is 26.0 Å². The molecular formula is C22H22ClFN4O5S2. The first-order valence-electron chi connectivity index (χ1n) is 10.0. The molecule has 13 heteroatoms. The van der Waals surface area contributed by atoms with Crippen molar-refractivity contribution in [2.75, 3.05) is 35.0 Å². The Bertz CT molecular complexity index is 1410. The molecule has 3 rings (SSSR count). The van der Waals surface area contributed by atoms with E-state index >= 15 is 0 Å². The Morgan fingerprint density at radius 2 is 1.51 bits per heavy atom. The zero-order chi connectivity index (χ0) is 25.8. The second-order valence-corrected chi connectivity index (χ2v) is 11.6. The van der Waals surface area contributed by atoms with Gasteiger partial charge < -0.3 is 5.32 Å². The van der Waals surface area contributed by atoms with Crippen molar-refractivity contribution < 1.29 is 26.0 Å². The highest BCUT2D eigenvalue weighted by atomic mass is 35.5. The zero-order valence-corrected chi connectivity index (χ0v) is 21.0. The van der Waals surface area contributed by atoms with E-state index in [1.54, 1.807) is 18.2 Å². The van der Waals surface area contributed by atoms with Crippen LogP contribution in [0.2, 0.25) is 5.02 Å². The number of halogens is 2. The van der Waals surface area contributed by atoms with Crippen molar-refractivity contribution in [2.24, 2.45) is 0 Å². The normalized spacial score (nSPS) is 11.8. The highest BCUT2D eigenvalue weighted by Gasteiger charge is 2.27. The van der Waals surface area contributed by atoms with Gasteiger partial charge in [-0.15, -0.1) is 0 Å². The molecule has 0 unspecified atom stereocenters. The van der Waals surface area contributed by atoms with Gasteiger partial charge in [0.15, 0.2) is 0 Å². The van der Waals surface area contributed by atoms with Crippen LogP contribution in [0.3, 0.4) is 0 Å². The minimum atomic E-state index is -4.07. The lowest BCUT2D eigenvalue weighted by Gasteiger charge is -2.26. The summed E-state index contributed by atoms with van der Waals surface area (Å²) in [6.45, 7) is -0.597. The van der Waals surface area contributed by atoms with Gasteiger partial charge in [0, 0.05) is 19.8 Å². The van der Waals surface area contributed by atoms with E-state index in [0.717, 1.165) is 20.7 Å². The molecule has 0 bridgehead atoms. The lowest BCUT2D eigenvalue weighted by Crippen LogP contribution is -2.44. The third kappa shape index (κ3) is 6.48. The van der Waals surface area contributed by atoms with Crippen LogP contribution in [0.4, 0.5) is 21.5 Å². The summed E-state index contributed by atoms with van der Waals surface area (Å²) in [5.41, 5.74) is 0.560. The summed E-state index contributed by atoms with van der Waals surface area (Å²) >= 11 is 6.00. The van der Waals surface area contributed by atoms with Crippen molar-refractivity contribution in [2.45, 2.75) is 4.90 Å². The van der Waals surface area contributed by atoms with Gasteiger partial charge in [-0.3, -0.25) is 9.52 Å². The fourth-order valence-corrected chi connectivity index (χ4v) is 5.29. The molecular weight excluding hydrogens is 519 g/mol. The molecule has 0 atom stereocenters. The number of benzene rings is 3. The van der Waals surface area contributed by atoms with Crippen LogP contribution in [0.1, 0.15) is 0 Å². The predicted octanol–water partition coefficient (Wildman–Crippen LogP) is 3.53. The summed E-state index contributed by atoms with van der Waals surface area (Å²) in [6.07, 6.45) is 0. The van der Waals surface area contributed by atoms with Crippen LogP contribution in [-0.4, -0.2) is 47.7 Å². The zero-order valence-electron chi connectivity index (χ0n) is 18.6. The van der Waals surface area contributed by atoms with E-state index in [0.29, 0.717) is 0 Å². The number of rotatable bonds is 9. The van der Waals surface area contributed by atoms with E-state index in [4.69, 9.17) is 11.6 Å². The second kappa shape index (κ2) is 10.6. The lowest BCUT2D eigenvalue weighted by molar-refractivity contribution is -0.114. The molecule has 186 valence electrons. The van der Waals surface area contributed by atoms with Crippen molar-refractivity contribution in [3.8, 4) is 0 Å². The Kier molecular flexibility index (Phi) is 8.00. The van der Waals surface area contributed by atoms with E-state index in [2.05, 4.69) is 10.0 Å². The SMILES string of the molecule is CN(C)S(=O)(=O)N(CC(=O)Nc1ccc(S(=O)(=O)Nc2ccccc2Cl)cc1)c1ccc(F)cc1. The molecule has 2 N–H and O–H groups in total. The monoisotopic (exact) mass is 540 g/mol. The third-order valence-electron chi connectivity index (χ3n) is 4.71. The van der Waals surface area contributed by atoms with Gasteiger partial charge in [0.2, 0.25) is 5.91 Å². The molecule has 35 heavy (non-hydrogen) atoms. The first-order valence-corrected chi connectivity index (χ1v) is 13.3. The molecule has 9 nitrogen and oxygen atoms in total. The standard InChI is InChI=1S/C22H22ClFN4O5S2/c1-27(2)35(32,33)28(18-11-7-16(24)8-12-18)15-22(29)25-17-9-13-19(14-10-17)34(30,31)26-21-6-4-3-5-20(21)23/h3-14,26H,15H2,1-2H3,(H,25,29). The Morgan fingerprint density at radius 3 is 2.09 bits per heavy atom. The number of carbonyl (C=O) groups excluding carboxylic acids is 1. The third-order valence-corrected chi connectivity index (χ3v) is 8.24. The van der Waals surface area contributed by atoms with Crippen LogP contribution in [0.25, 0.3) is 0 Å². The van der Waals surface area contributed by atoms with Crippen molar-refractivity contribution in [1.82, 2.24) is 4.31 Å². The molecule has 0 heterocycles. The van der Waals surface area contributed by atoms with Crippen LogP contribution >= 0.6 is 11.6 Å². The Hall–Kier alpha value is -3.19. The highest BCUT2D eigenvalue weighted by molar-refractivity contribution is 7.92. The summed E-state index contributed by atoms with van der Waals surface area (Å²) in [4.78, 5) is 12.6. The van der Waals surface area contributed by atoms with Crippen molar-refractivity contribution in [3.05, 3.63) is 83.6 Å². The maximum atomic E-state index is 13.3. The largest absolute Gasteiger partial charge is 0.325 e. The number of carbonyl (C=O) groups is 1. The number of anilines is 3. The second-order valence-electron chi connectivity index (χ2n) is 7.43. The summed E-state index contributed by atoms with van der Waals surface area (Å²) in [6, 6.07) is 16.3. The minimum Gasteiger partial charge on any atom is -0.325 e. The number of sulfonamides is 1. The molecule has 0 aliphatic carbocycles. The number of hydrogen-bond acceptors (Lipinski definition) is 5. The smallest absolute Gasteiger partial charge is 0.304 e. The Balaban J connectivity index is 1.75. The quantitative estimate of drug-likeness (QED) is 0.431. The molecule has 3 aromatic carbocycles. The van der Waals surface area contributed by atoms with Crippen LogP contribution in [-0.2, 0) is 25.0 Å². The number of para-hydroxylation sites is 1. The van der Waals surface area contributed by atoms with Crippen LogP contribution < -0.4 is 14.3 Å². The van der Waals surface area contributed by atoms with Gasteiger partial charge in [-0.2, -0.15) is 12.7 Å². The molecule has 1 amide bonds. The van der Waals surface area contributed by atoms with Gasteiger partial charge in [0.1, 0.15) is 12.4 Å². The van der Waals surface area contributed by atoms with Gasteiger partial charge in [-0.05, 0) is 60.7 Å². The molecule has 0 saturated heterocycles. The topological polar surface area (TPSA) is 116 Å². The molecule has 0 fully saturated rings. The van der Waals surface area contributed by atoms with E-state index in [-0.39, 0.29) is 27.0 Å². The maximum Gasteiger partial charge on any atom is 0.304 e. The minimum absolute atomic E-state index is 0.0708. The molecule has 3 aromatic rings. The summed E-state index contributed by atoms with van der Waals surface area (Å²) in [5, 5.41) is 2.76. The number of hydrogen-bond donors (Lipinski definition) is 2. The van der Waals surface area contributed by atoms with Crippen LogP contribution in [0.5, 0.6) is 0 Å². The van der Waals surface area contributed by atoms with Crippen molar-refractivity contribution in [3.63, 3.8) is 0 Å². The highest BCUT2D eigenvalue weighted by Crippen LogP contribution is 2.25. The predicted molar refractivity (Wildman–Crippen MR) is 134 cm³/mol. The van der Waals surface area contributed by atoms with E-state index in [1.807, 2.05) is 0 Å². The average Bonchev–Trinajstić information content (AvgIpc) is 2.80. The maximum absolute atomic E-state index is 13.3. The van der Waals surface area contributed by atoms with E-state index in [1.165, 1.54) is 56.6 Å². The summed E-state index contributed by atoms with van der Waals surface area (Å²) in [7, 11) is -5.40. The van der Waals surface area contributed by atoms with Gasteiger partial charge in [-0.25, -0.2) is 17.1 Å². The molecule has 0 saturated carbocycles.